The van der Waals surface area contributed by atoms with Crippen LogP contribution in [0.25, 0.3) is 0 Å². The Bertz CT molecular complexity index is 1190. The standard InChI is InChI=1S/C61H111NO5/c1-4-7-10-13-16-19-22-25-27-29-31-33-36-39-42-45-48-51-54-61(66)67-57(52-49-46-43-40-37-34-24-21-18-15-12-9-6-3)55-60(65)62-58(56-63)59(64)53-50-47-44-41-38-35-32-30-28-26-23-20-17-14-11-8-5-2/h18,21-22,24-25,27,29,31,33-34,57-59,63-64H,4-17,19-20,23,26,28,30,32,35-56H2,1-3H3,(H,62,65)/b21-18+,25-22+,29-27+,33-31+,34-24+. The number of aliphatic hydroxyl groups is 2. The van der Waals surface area contributed by atoms with Crippen molar-refractivity contribution in [3.63, 3.8) is 0 Å². The van der Waals surface area contributed by atoms with E-state index in [1.165, 1.54) is 148 Å². The minimum absolute atomic E-state index is 0.0551. The summed E-state index contributed by atoms with van der Waals surface area (Å²) in [6, 6.07) is -0.715. The number of nitrogens with one attached hydrogen (secondary N) is 1. The Morgan fingerprint density at radius 3 is 1.18 bits per heavy atom. The smallest absolute Gasteiger partial charge is 0.306 e. The first-order valence-corrected chi connectivity index (χ1v) is 29.1. The first-order chi connectivity index (χ1) is 33.0. The molecular formula is C61H111NO5. The topological polar surface area (TPSA) is 95.9 Å². The molecule has 3 unspecified atom stereocenters. The van der Waals surface area contributed by atoms with E-state index in [4.69, 9.17) is 4.74 Å². The third kappa shape index (κ3) is 49.8. The summed E-state index contributed by atoms with van der Waals surface area (Å²) in [5.74, 6) is -0.510. The summed E-state index contributed by atoms with van der Waals surface area (Å²) < 4.78 is 5.94. The molecule has 0 heterocycles. The first kappa shape index (κ1) is 64.6. The molecule has 0 bridgehead atoms. The fourth-order valence-electron chi connectivity index (χ4n) is 8.72. The molecule has 0 spiro atoms. The number of aliphatic hydroxyl groups excluding tert-OH is 2. The minimum Gasteiger partial charge on any atom is -0.462 e. The van der Waals surface area contributed by atoms with Gasteiger partial charge < -0.3 is 20.3 Å². The number of unbranched alkanes of at least 4 members (excludes halogenated alkanes) is 33. The lowest BCUT2D eigenvalue weighted by atomic mass is 10.0. The molecule has 6 heteroatoms. The van der Waals surface area contributed by atoms with Crippen LogP contribution >= 0.6 is 0 Å². The largest absolute Gasteiger partial charge is 0.462 e. The summed E-state index contributed by atoms with van der Waals surface area (Å²) in [5.41, 5.74) is 0. The van der Waals surface area contributed by atoms with Gasteiger partial charge in [0.1, 0.15) is 6.10 Å². The van der Waals surface area contributed by atoms with Crippen molar-refractivity contribution in [2.75, 3.05) is 6.61 Å². The Morgan fingerprint density at radius 2 is 0.761 bits per heavy atom. The average Bonchev–Trinajstić information content (AvgIpc) is 3.32. The Labute approximate surface area is 416 Å². The zero-order valence-corrected chi connectivity index (χ0v) is 44.5. The molecule has 0 aromatic rings. The maximum Gasteiger partial charge on any atom is 0.306 e. The molecule has 0 radical (unpaired) electrons. The van der Waals surface area contributed by atoms with Crippen LogP contribution in [0.3, 0.4) is 0 Å². The van der Waals surface area contributed by atoms with Gasteiger partial charge in [0.2, 0.25) is 5.91 Å². The highest BCUT2D eigenvalue weighted by atomic mass is 16.5. The molecule has 0 saturated carbocycles. The zero-order valence-electron chi connectivity index (χ0n) is 44.5. The number of carbonyl (C=O) groups is 2. The van der Waals surface area contributed by atoms with Crippen molar-refractivity contribution in [3.05, 3.63) is 60.8 Å². The number of carbonyl (C=O) groups excluding carboxylic acids is 2. The van der Waals surface area contributed by atoms with Crippen molar-refractivity contribution in [3.8, 4) is 0 Å². The van der Waals surface area contributed by atoms with Crippen molar-refractivity contribution in [1.82, 2.24) is 5.32 Å². The minimum atomic E-state index is -0.799. The van der Waals surface area contributed by atoms with Gasteiger partial charge in [0, 0.05) is 6.42 Å². The Balaban J connectivity index is 4.56. The van der Waals surface area contributed by atoms with E-state index in [2.05, 4.69) is 86.8 Å². The van der Waals surface area contributed by atoms with Gasteiger partial charge in [-0.3, -0.25) is 9.59 Å². The van der Waals surface area contributed by atoms with Gasteiger partial charge in [-0.25, -0.2) is 0 Å². The summed E-state index contributed by atoms with van der Waals surface area (Å²) in [7, 11) is 0. The summed E-state index contributed by atoms with van der Waals surface area (Å²) >= 11 is 0. The second-order valence-electron chi connectivity index (χ2n) is 19.8. The third-order valence-corrected chi connectivity index (χ3v) is 13.2. The monoisotopic (exact) mass is 938 g/mol. The molecule has 0 aliphatic heterocycles. The fourth-order valence-corrected chi connectivity index (χ4v) is 8.72. The van der Waals surface area contributed by atoms with Gasteiger partial charge in [0.25, 0.3) is 0 Å². The van der Waals surface area contributed by atoms with Crippen LogP contribution in [-0.4, -0.2) is 46.9 Å². The Kier molecular flexibility index (Phi) is 52.5. The fraction of sp³-hybridized carbons (Fsp3) is 0.803. The number of hydrogen-bond acceptors (Lipinski definition) is 5. The van der Waals surface area contributed by atoms with Gasteiger partial charge in [0.15, 0.2) is 0 Å². The van der Waals surface area contributed by atoms with E-state index < -0.39 is 18.2 Å². The van der Waals surface area contributed by atoms with Gasteiger partial charge in [-0.15, -0.1) is 0 Å². The van der Waals surface area contributed by atoms with E-state index in [-0.39, 0.29) is 24.9 Å². The molecule has 3 atom stereocenters. The third-order valence-electron chi connectivity index (χ3n) is 13.2. The van der Waals surface area contributed by atoms with Crippen LogP contribution in [0.4, 0.5) is 0 Å². The lowest BCUT2D eigenvalue weighted by Gasteiger charge is -2.24. The van der Waals surface area contributed by atoms with Gasteiger partial charge in [-0.1, -0.05) is 261 Å². The van der Waals surface area contributed by atoms with Crippen LogP contribution in [0.1, 0.15) is 290 Å². The van der Waals surface area contributed by atoms with E-state index in [0.29, 0.717) is 19.3 Å². The number of ether oxygens (including phenoxy) is 1. The van der Waals surface area contributed by atoms with Crippen LogP contribution in [-0.2, 0) is 14.3 Å². The molecule has 3 N–H and O–H groups in total. The molecule has 0 aromatic heterocycles. The van der Waals surface area contributed by atoms with E-state index in [1.807, 2.05) is 0 Å². The van der Waals surface area contributed by atoms with E-state index in [9.17, 15) is 19.8 Å². The van der Waals surface area contributed by atoms with Crippen LogP contribution < -0.4 is 5.32 Å². The molecule has 6 nitrogen and oxygen atoms in total. The zero-order chi connectivity index (χ0) is 48.8. The predicted octanol–water partition coefficient (Wildman–Crippen LogP) is 18.0. The highest BCUT2D eigenvalue weighted by Crippen LogP contribution is 2.18. The maximum atomic E-state index is 13.3. The first-order valence-electron chi connectivity index (χ1n) is 29.1. The number of rotatable bonds is 52. The number of allylic oxidation sites excluding steroid dienone is 10. The van der Waals surface area contributed by atoms with Crippen molar-refractivity contribution in [1.29, 1.82) is 0 Å². The van der Waals surface area contributed by atoms with Crippen molar-refractivity contribution in [2.45, 2.75) is 309 Å². The molecule has 0 aromatic carbocycles. The number of amides is 1. The molecule has 0 aliphatic rings. The second-order valence-corrected chi connectivity index (χ2v) is 19.8. The highest BCUT2D eigenvalue weighted by molar-refractivity contribution is 5.77. The molecule has 0 aliphatic carbocycles. The lowest BCUT2D eigenvalue weighted by molar-refractivity contribution is -0.151. The van der Waals surface area contributed by atoms with Crippen LogP contribution in [0.15, 0.2) is 60.8 Å². The van der Waals surface area contributed by atoms with Gasteiger partial charge >= 0.3 is 5.97 Å². The van der Waals surface area contributed by atoms with Gasteiger partial charge in [-0.05, 0) is 77.0 Å². The van der Waals surface area contributed by atoms with Crippen LogP contribution in [0, 0.1) is 0 Å². The van der Waals surface area contributed by atoms with E-state index >= 15 is 0 Å². The SMILES string of the molecule is CCCCC/C=C/C=C/CCCCCCC(CC(=O)NC(CO)C(O)CCCCCCCCCCCCCCCCCCC)OC(=O)CCCCCCC/C=C/C=C/C=C/CCCCCCC. The van der Waals surface area contributed by atoms with Crippen LogP contribution in [0.2, 0.25) is 0 Å². The molecule has 1 amide bonds. The highest BCUT2D eigenvalue weighted by Gasteiger charge is 2.24. The molecule has 0 saturated heterocycles. The quantitative estimate of drug-likeness (QED) is 0.0321. The molecule has 390 valence electrons. The van der Waals surface area contributed by atoms with E-state index in [0.717, 1.165) is 96.3 Å². The number of esters is 1. The summed E-state index contributed by atoms with van der Waals surface area (Å²) in [4.78, 5) is 26.3. The van der Waals surface area contributed by atoms with Gasteiger partial charge in [0.05, 0.1) is 25.2 Å². The summed E-state index contributed by atoms with van der Waals surface area (Å²) in [6.45, 7) is 6.45. The normalized spacial score (nSPS) is 13.6. The van der Waals surface area contributed by atoms with Crippen molar-refractivity contribution in [2.24, 2.45) is 0 Å². The number of hydrogen-bond donors (Lipinski definition) is 3. The predicted molar refractivity (Wildman–Crippen MR) is 292 cm³/mol. The van der Waals surface area contributed by atoms with Crippen molar-refractivity contribution >= 4 is 11.9 Å². The Hall–Kier alpha value is -2.44. The average molecular weight is 939 g/mol. The maximum absolute atomic E-state index is 13.3. The molecule has 67 heavy (non-hydrogen) atoms. The van der Waals surface area contributed by atoms with Crippen LogP contribution in [0.5, 0.6) is 0 Å². The summed E-state index contributed by atoms with van der Waals surface area (Å²) in [5, 5.41) is 23.9. The van der Waals surface area contributed by atoms with Gasteiger partial charge in [-0.2, -0.15) is 0 Å². The molecule has 0 fully saturated rings. The Morgan fingerprint density at radius 1 is 0.433 bits per heavy atom. The molecular weight excluding hydrogens is 827 g/mol. The lowest BCUT2D eigenvalue weighted by Crippen LogP contribution is -2.46. The second kappa shape index (κ2) is 54.5. The summed E-state index contributed by atoms with van der Waals surface area (Å²) in [6.07, 6.45) is 68.5. The molecule has 0 rings (SSSR count). The van der Waals surface area contributed by atoms with Crippen molar-refractivity contribution < 1.29 is 24.5 Å². The van der Waals surface area contributed by atoms with E-state index in [1.54, 1.807) is 0 Å².